The molecule has 19 heavy (non-hydrogen) atoms. The number of rotatable bonds is 4. The Bertz CT molecular complexity index is 356. The first kappa shape index (κ1) is 17.9. The van der Waals surface area contributed by atoms with Gasteiger partial charge in [0.05, 0.1) is 0 Å². The summed E-state index contributed by atoms with van der Waals surface area (Å²) in [5.74, 6) is -5.77. The van der Waals surface area contributed by atoms with Gasteiger partial charge in [-0.15, -0.1) is 0 Å². The van der Waals surface area contributed by atoms with E-state index in [4.69, 9.17) is 5.11 Å². The van der Waals surface area contributed by atoms with E-state index in [0.29, 0.717) is 0 Å². The molecule has 0 amide bonds. The van der Waals surface area contributed by atoms with E-state index in [2.05, 4.69) is 0 Å². The van der Waals surface area contributed by atoms with Crippen LogP contribution in [-0.4, -0.2) is 38.2 Å². The van der Waals surface area contributed by atoms with E-state index >= 15 is 0 Å². The number of aliphatic hydroxyl groups is 2. The second-order valence-electron chi connectivity index (χ2n) is 6.94. The third-order valence-electron chi connectivity index (χ3n) is 3.57. The van der Waals surface area contributed by atoms with Crippen LogP contribution in [0.5, 0.6) is 0 Å². The molecule has 6 nitrogen and oxygen atoms in total. The van der Waals surface area contributed by atoms with Crippen molar-refractivity contribution in [3.63, 3.8) is 0 Å². The lowest BCUT2D eigenvalue weighted by atomic mass is 9.49. The first-order valence-corrected chi connectivity index (χ1v) is 6.01. The minimum absolute atomic E-state index is 1.06. The SMILES string of the molecule is CC(C)(C)C(C(=O)O)(C(C)(C)C)C(O)(O)CC(=O)O. The summed E-state index contributed by atoms with van der Waals surface area (Å²) in [6, 6.07) is 0. The molecular weight excluding hydrogens is 252 g/mol. The summed E-state index contributed by atoms with van der Waals surface area (Å²) < 4.78 is 0. The lowest BCUT2D eigenvalue weighted by Gasteiger charge is -2.55. The summed E-state index contributed by atoms with van der Waals surface area (Å²) in [5, 5.41) is 38.9. The zero-order valence-electron chi connectivity index (χ0n) is 12.3. The molecule has 0 aromatic rings. The highest BCUT2D eigenvalue weighted by molar-refractivity contribution is 5.80. The molecule has 0 radical (unpaired) electrons. The topological polar surface area (TPSA) is 115 Å². The van der Waals surface area contributed by atoms with E-state index in [1.165, 1.54) is 0 Å². The van der Waals surface area contributed by atoms with Gasteiger partial charge >= 0.3 is 11.9 Å². The van der Waals surface area contributed by atoms with E-state index < -0.39 is 40.4 Å². The van der Waals surface area contributed by atoms with Gasteiger partial charge in [0.25, 0.3) is 0 Å². The lowest BCUT2D eigenvalue weighted by Crippen LogP contribution is -2.66. The Morgan fingerprint density at radius 3 is 1.32 bits per heavy atom. The van der Waals surface area contributed by atoms with Crippen molar-refractivity contribution >= 4 is 11.9 Å². The van der Waals surface area contributed by atoms with Crippen molar-refractivity contribution in [2.45, 2.75) is 53.8 Å². The second-order valence-corrected chi connectivity index (χ2v) is 6.94. The van der Waals surface area contributed by atoms with Crippen molar-refractivity contribution in [3.05, 3.63) is 0 Å². The quantitative estimate of drug-likeness (QED) is 0.575. The summed E-state index contributed by atoms with van der Waals surface area (Å²) in [4.78, 5) is 22.7. The molecule has 0 atom stereocenters. The van der Waals surface area contributed by atoms with E-state index in [-0.39, 0.29) is 0 Å². The molecule has 0 aromatic carbocycles. The highest BCUT2D eigenvalue weighted by atomic mass is 16.5. The average molecular weight is 276 g/mol. The van der Waals surface area contributed by atoms with Crippen molar-refractivity contribution in [2.24, 2.45) is 16.2 Å². The van der Waals surface area contributed by atoms with E-state index in [0.717, 1.165) is 0 Å². The number of hydrogen-bond acceptors (Lipinski definition) is 4. The Morgan fingerprint density at radius 2 is 1.16 bits per heavy atom. The number of hydrogen-bond donors (Lipinski definition) is 4. The molecule has 0 aliphatic carbocycles. The van der Waals surface area contributed by atoms with Gasteiger partial charge in [0.15, 0.2) is 5.79 Å². The highest BCUT2D eigenvalue weighted by Gasteiger charge is 2.68. The van der Waals surface area contributed by atoms with Crippen LogP contribution in [0.25, 0.3) is 0 Å². The summed E-state index contributed by atoms with van der Waals surface area (Å²) in [5.41, 5.74) is -4.20. The molecule has 0 saturated heterocycles. The third-order valence-corrected chi connectivity index (χ3v) is 3.57. The zero-order chi connectivity index (χ0) is 15.9. The minimum Gasteiger partial charge on any atom is -0.481 e. The predicted molar refractivity (Wildman–Crippen MR) is 68.4 cm³/mol. The molecule has 0 aliphatic heterocycles. The molecule has 112 valence electrons. The van der Waals surface area contributed by atoms with Crippen LogP contribution in [0.15, 0.2) is 0 Å². The number of carboxylic acids is 2. The molecule has 0 aromatic heterocycles. The van der Waals surface area contributed by atoms with Crippen LogP contribution in [0.1, 0.15) is 48.0 Å². The molecule has 6 heteroatoms. The fraction of sp³-hybridized carbons (Fsp3) is 0.846. The molecule has 0 spiro atoms. The van der Waals surface area contributed by atoms with Gasteiger partial charge in [0.1, 0.15) is 11.8 Å². The van der Waals surface area contributed by atoms with Gasteiger partial charge in [-0.25, -0.2) is 0 Å². The smallest absolute Gasteiger partial charge is 0.316 e. The maximum Gasteiger partial charge on any atom is 0.316 e. The van der Waals surface area contributed by atoms with Crippen LogP contribution in [-0.2, 0) is 9.59 Å². The third kappa shape index (κ3) is 2.74. The average Bonchev–Trinajstić information content (AvgIpc) is 1.91. The van der Waals surface area contributed by atoms with E-state index in [9.17, 15) is 24.9 Å². The van der Waals surface area contributed by atoms with Crippen LogP contribution in [0.3, 0.4) is 0 Å². The predicted octanol–water partition coefficient (Wildman–Crippen LogP) is 1.31. The highest BCUT2D eigenvalue weighted by Crippen LogP contribution is 2.58. The van der Waals surface area contributed by atoms with Crippen LogP contribution >= 0.6 is 0 Å². The molecule has 0 saturated carbocycles. The number of carboxylic acid groups (broad SMARTS) is 2. The summed E-state index contributed by atoms with van der Waals surface area (Å²) >= 11 is 0. The van der Waals surface area contributed by atoms with Gasteiger partial charge in [-0.3, -0.25) is 9.59 Å². The van der Waals surface area contributed by atoms with Crippen LogP contribution in [0, 0.1) is 16.2 Å². The van der Waals surface area contributed by atoms with Gasteiger partial charge in [0, 0.05) is 0 Å². The van der Waals surface area contributed by atoms with Crippen LogP contribution in [0.2, 0.25) is 0 Å². The number of carbonyl (C=O) groups is 2. The molecular formula is C13H24O6. The Labute approximate surface area is 113 Å². The molecule has 0 unspecified atom stereocenters. The van der Waals surface area contributed by atoms with Gasteiger partial charge in [0.2, 0.25) is 0 Å². The monoisotopic (exact) mass is 276 g/mol. The van der Waals surface area contributed by atoms with Gasteiger partial charge in [-0.1, -0.05) is 41.5 Å². The largest absolute Gasteiger partial charge is 0.481 e. The maximum atomic E-state index is 11.8. The van der Waals surface area contributed by atoms with Crippen molar-refractivity contribution in [2.75, 3.05) is 0 Å². The summed E-state index contributed by atoms with van der Waals surface area (Å²) in [7, 11) is 0. The summed E-state index contributed by atoms with van der Waals surface area (Å²) in [6.45, 7) is 9.31. The molecule has 0 bridgehead atoms. The fourth-order valence-corrected chi connectivity index (χ4v) is 3.48. The van der Waals surface area contributed by atoms with Crippen molar-refractivity contribution in [1.29, 1.82) is 0 Å². The molecule has 4 N–H and O–H groups in total. The maximum absolute atomic E-state index is 11.8. The van der Waals surface area contributed by atoms with E-state index in [1.54, 1.807) is 41.5 Å². The first-order chi connectivity index (χ1) is 8.11. The Balaban J connectivity index is 6.34. The Hall–Kier alpha value is -1.14. The molecule has 0 rings (SSSR count). The Morgan fingerprint density at radius 1 is 0.842 bits per heavy atom. The van der Waals surface area contributed by atoms with Crippen LogP contribution in [0.4, 0.5) is 0 Å². The van der Waals surface area contributed by atoms with Crippen molar-refractivity contribution in [1.82, 2.24) is 0 Å². The second kappa shape index (κ2) is 4.76. The normalized spacial score (nSPS) is 14.3. The van der Waals surface area contributed by atoms with Gasteiger partial charge in [-0.05, 0) is 10.8 Å². The molecule has 0 fully saturated rings. The standard InChI is InChI=1S/C13H24O6/c1-10(2,3)13(9(16)17,11(4,5)6)12(18,19)7-8(14)15/h18-19H,7H2,1-6H3,(H,14,15)(H,16,17). The zero-order valence-corrected chi connectivity index (χ0v) is 12.3. The van der Waals surface area contributed by atoms with Crippen molar-refractivity contribution < 1.29 is 30.0 Å². The number of aliphatic carboxylic acids is 2. The molecule has 0 heterocycles. The molecule has 0 aliphatic rings. The summed E-state index contributed by atoms with van der Waals surface area (Å²) in [6.07, 6.45) is -1.06. The van der Waals surface area contributed by atoms with E-state index in [1.807, 2.05) is 0 Å². The van der Waals surface area contributed by atoms with Gasteiger partial charge in [-0.2, -0.15) is 0 Å². The first-order valence-electron chi connectivity index (χ1n) is 6.01. The lowest BCUT2D eigenvalue weighted by molar-refractivity contribution is -0.300. The van der Waals surface area contributed by atoms with Gasteiger partial charge < -0.3 is 20.4 Å². The van der Waals surface area contributed by atoms with Crippen molar-refractivity contribution in [3.8, 4) is 0 Å². The Kier molecular flexibility index (Phi) is 4.47. The fourth-order valence-electron chi connectivity index (χ4n) is 3.48. The van der Waals surface area contributed by atoms with Crippen LogP contribution < -0.4 is 0 Å². The minimum atomic E-state index is -2.87.